The predicted molar refractivity (Wildman–Crippen MR) is 106 cm³/mol. The van der Waals surface area contributed by atoms with Crippen LogP contribution < -0.4 is 15.5 Å². The summed E-state index contributed by atoms with van der Waals surface area (Å²) in [6, 6.07) is 12.6. The minimum absolute atomic E-state index is 0.159. The zero-order chi connectivity index (χ0) is 18.5. The van der Waals surface area contributed by atoms with Crippen molar-refractivity contribution in [2.24, 2.45) is 0 Å². The molecule has 0 saturated carbocycles. The van der Waals surface area contributed by atoms with Crippen molar-refractivity contribution in [2.45, 2.75) is 26.7 Å². The zero-order valence-electron chi connectivity index (χ0n) is 15.2. The number of fused-ring (bicyclic) bond motifs is 1. The summed E-state index contributed by atoms with van der Waals surface area (Å²) in [5.41, 5.74) is 3.42. The summed E-state index contributed by atoms with van der Waals surface area (Å²) in [4.78, 5) is 14.2. The van der Waals surface area contributed by atoms with E-state index in [1.807, 2.05) is 30.3 Å². The molecule has 3 rings (SSSR count). The third-order valence-corrected chi connectivity index (χ3v) is 4.37. The molecule has 2 aromatic carbocycles. The molecule has 0 saturated heterocycles. The van der Waals surface area contributed by atoms with Gasteiger partial charge >= 0.3 is 0 Å². The number of hydrogen-bond acceptors (Lipinski definition) is 3. The summed E-state index contributed by atoms with van der Waals surface area (Å²) in [5.74, 6) is -0.417. The van der Waals surface area contributed by atoms with Gasteiger partial charge in [0.2, 0.25) is 0 Å². The Morgan fingerprint density at radius 1 is 1.12 bits per heavy atom. The fourth-order valence-corrected chi connectivity index (χ4v) is 3.18. The Bertz CT molecular complexity index is 826. The van der Waals surface area contributed by atoms with E-state index in [0.29, 0.717) is 16.9 Å². The molecule has 0 fully saturated rings. The molecule has 5 heteroatoms. The maximum absolute atomic E-state index is 14.6. The van der Waals surface area contributed by atoms with Crippen LogP contribution in [-0.2, 0) is 4.79 Å². The predicted octanol–water partition coefficient (Wildman–Crippen LogP) is 4.86. The van der Waals surface area contributed by atoms with Gasteiger partial charge in [-0.05, 0) is 37.1 Å². The summed E-state index contributed by atoms with van der Waals surface area (Å²) in [7, 11) is 0. The number of anilines is 3. The Morgan fingerprint density at radius 3 is 2.54 bits per heavy atom. The highest BCUT2D eigenvalue weighted by Gasteiger charge is 2.23. The zero-order valence-corrected chi connectivity index (χ0v) is 15.2. The van der Waals surface area contributed by atoms with E-state index in [1.165, 1.54) is 6.07 Å². The number of nitrogens with one attached hydrogen (secondary N) is 2. The number of benzene rings is 2. The number of hydrogen-bond donors (Lipinski definition) is 2. The molecule has 0 radical (unpaired) electrons. The van der Waals surface area contributed by atoms with Crippen LogP contribution >= 0.6 is 0 Å². The Balaban J connectivity index is 1.79. The van der Waals surface area contributed by atoms with Crippen molar-refractivity contribution in [3.05, 3.63) is 60.0 Å². The molecule has 0 aliphatic carbocycles. The van der Waals surface area contributed by atoms with Crippen LogP contribution in [0.3, 0.4) is 0 Å². The summed E-state index contributed by atoms with van der Waals surface area (Å²) < 4.78 is 14.6. The van der Waals surface area contributed by atoms with Crippen LogP contribution in [0.15, 0.2) is 48.7 Å². The molecule has 0 spiro atoms. The van der Waals surface area contributed by atoms with Crippen molar-refractivity contribution in [1.82, 2.24) is 0 Å². The van der Waals surface area contributed by atoms with E-state index < -0.39 is 0 Å². The Hall–Kier alpha value is -2.82. The number of amides is 1. The summed E-state index contributed by atoms with van der Waals surface area (Å²) >= 11 is 0. The fourth-order valence-electron chi connectivity index (χ4n) is 3.18. The molecular weight excluding hydrogens is 329 g/mol. The van der Waals surface area contributed by atoms with Crippen LogP contribution in [0.4, 0.5) is 21.5 Å². The standard InChI is InChI=1S/C21H24FN3O/c1-3-11-25(12-4-2)20-10-9-15(13-18(20)22)23-14-17-16-7-5-6-8-19(16)24-21(17)26/h5-10,13-14,23H,3-4,11-12H2,1-2H3,(H,24,26). The number of carbonyl (C=O) groups is 1. The monoisotopic (exact) mass is 353 g/mol. The average molecular weight is 353 g/mol. The van der Waals surface area contributed by atoms with Crippen LogP contribution in [0.25, 0.3) is 5.57 Å². The molecular formula is C21H24FN3O. The second-order valence-electron chi connectivity index (χ2n) is 6.36. The maximum atomic E-state index is 14.6. The van der Waals surface area contributed by atoms with Crippen LogP contribution in [0, 0.1) is 5.82 Å². The Morgan fingerprint density at radius 2 is 1.85 bits per heavy atom. The molecule has 1 aliphatic rings. The lowest BCUT2D eigenvalue weighted by atomic mass is 10.1. The van der Waals surface area contributed by atoms with Gasteiger partial charge in [-0.15, -0.1) is 0 Å². The van der Waals surface area contributed by atoms with E-state index in [9.17, 15) is 9.18 Å². The number of para-hydroxylation sites is 1. The molecule has 2 aromatic rings. The van der Waals surface area contributed by atoms with E-state index in [0.717, 1.165) is 37.2 Å². The van der Waals surface area contributed by atoms with Gasteiger partial charge in [0.1, 0.15) is 5.82 Å². The normalized spacial score (nSPS) is 14.3. The van der Waals surface area contributed by atoms with Crippen molar-refractivity contribution < 1.29 is 9.18 Å². The average Bonchev–Trinajstić information content (AvgIpc) is 2.95. The molecule has 136 valence electrons. The SMILES string of the molecule is CCCN(CCC)c1ccc(NC=C2C(=O)Nc3ccccc32)cc1F. The van der Waals surface area contributed by atoms with Gasteiger partial charge in [0.25, 0.3) is 5.91 Å². The maximum Gasteiger partial charge on any atom is 0.257 e. The van der Waals surface area contributed by atoms with Crippen LogP contribution in [0.1, 0.15) is 32.3 Å². The van der Waals surface area contributed by atoms with Crippen molar-refractivity contribution in [3.8, 4) is 0 Å². The summed E-state index contributed by atoms with van der Waals surface area (Å²) in [6.07, 6.45) is 3.57. The van der Waals surface area contributed by atoms with Crippen LogP contribution in [-0.4, -0.2) is 19.0 Å². The molecule has 0 bridgehead atoms. The number of rotatable bonds is 7. The fraction of sp³-hybridized carbons (Fsp3) is 0.286. The lowest BCUT2D eigenvalue weighted by molar-refractivity contribution is -0.110. The first-order valence-electron chi connectivity index (χ1n) is 9.06. The quantitative estimate of drug-likeness (QED) is 0.699. The van der Waals surface area contributed by atoms with Gasteiger partial charge in [-0.25, -0.2) is 4.39 Å². The molecule has 4 nitrogen and oxygen atoms in total. The highest BCUT2D eigenvalue weighted by Crippen LogP contribution is 2.31. The highest BCUT2D eigenvalue weighted by atomic mass is 19.1. The topological polar surface area (TPSA) is 44.4 Å². The third kappa shape index (κ3) is 3.72. The number of halogens is 1. The Labute approximate surface area is 153 Å². The minimum Gasteiger partial charge on any atom is -0.369 e. The lowest BCUT2D eigenvalue weighted by Gasteiger charge is -2.24. The Kier molecular flexibility index (Phi) is 5.56. The summed E-state index contributed by atoms with van der Waals surface area (Å²) in [6.45, 7) is 5.84. The molecule has 1 heterocycles. The highest BCUT2D eigenvalue weighted by molar-refractivity contribution is 6.31. The van der Waals surface area contributed by atoms with Crippen LogP contribution in [0.2, 0.25) is 0 Å². The van der Waals surface area contributed by atoms with Crippen LogP contribution in [0.5, 0.6) is 0 Å². The molecule has 0 atom stereocenters. The van der Waals surface area contributed by atoms with Crippen molar-refractivity contribution >= 4 is 28.5 Å². The molecule has 1 amide bonds. The molecule has 1 aliphatic heterocycles. The minimum atomic E-state index is -0.258. The van der Waals surface area contributed by atoms with E-state index in [-0.39, 0.29) is 11.7 Å². The molecule has 26 heavy (non-hydrogen) atoms. The number of carbonyl (C=O) groups excluding carboxylic acids is 1. The van der Waals surface area contributed by atoms with Gasteiger partial charge in [-0.2, -0.15) is 0 Å². The lowest BCUT2D eigenvalue weighted by Crippen LogP contribution is -2.25. The second-order valence-corrected chi connectivity index (χ2v) is 6.36. The smallest absolute Gasteiger partial charge is 0.257 e. The third-order valence-electron chi connectivity index (χ3n) is 4.37. The van der Waals surface area contributed by atoms with Gasteiger partial charge in [-0.1, -0.05) is 32.0 Å². The molecule has 0 unspecified atom stereocenters. The first kappa shape index (κ1) is 18.0. The molecule has 0 aromatic heterocycles. The van der Waals surface area contributed by atoms with Gasteiger partial charge in [0, 0.05) is 36.2 Å². The van der Waals surface area contributed by atoms with Gasteiger partial charge in [0.15, 0.2) is 0 Å². The van der Waals surface area contributed by atoms with E-state index in [4.69, 9.17) is 0 Å². The van der Waals surface area contributed by atoms with Crippen molar-refractivity contribution in [1.29, 1.82) is 0 Å². The summed E-state index contributed by atoms with van der Waals surface area (Å²) in [5, 5.41) is 5.87. The first-order chi connectivity index (χ1) is 12.6. The van der Waals surface area contributed by atoms with Gasteiger partial charge in [0.05, 0.1) is 11.3 Å². The first-order valence-corrected chi connectivity index (χ1v) is 9.06. The molecule has 2 N–H and O–H groups in total. The van der Waals surface area contributed by atoms with Crippen molar-refractivity contribution in [3.63, 3.8) is 0 Å². The van der Waals surface area contributed by atoms with E-state index >= 15 is 0 Å². The number of nitrogens with zero attached hydrogens (tertiary/aromatic N) is 1. The largest absolute Gasteiger partial charge is 0.369 e. The van der Waals surface area contributed by atoms with Gasteiger partial charge in [-0.3, -0.25) is 4.79 Å². The van der Waals surface area contributed by atoms with Crippen molar-refractivity contribution in [2.75, 3.05) is 28.6 Å². The van der Waals surface area contributed by atoms with E-state index in [1.54, 1.807) is 12.3 Å². The second kappa shape index (κ2) is 8.04. The van der Waals surface area contributed by atoms with E-state index in [2.05, 4.69) is 29.4 Å². The van der Waals surface area contributed by atoms with Gasteiger partial charge < -0.3 is 15.5 Å².